The summed E-state index contributed by atoms with van der Waals surface area (Å²) in [7, 11) is -2.50. The Morgan fingerprint density at radius 2 is 1.36 bits per heavy atom. The van der Waals surface area contributed by atoms with Crippen LogP contribution in [0.5, 0.6) is 0 Å². The van der Waals surface area contributed by atoms with E-state index < -0.39 is 16.6 Å². The highest BCUT2D eigenvalue weighted by atomic mass is 28.4. The molecule has 0 heterocycles. The number of ether oxygens (including phenoxy) is 1. The van der Waals surface area contributed by atoms with Gasteiger partial charge in [0.2, 0.25) is 0 Å². The van der Waals surface area contributed by atoms with Crippen LogP contribution in [0.25, 0.3) is 0 Å². The molecule has 0 aliphatic carbocycles. The molecule has 0 fully saturated rings. The van der Waals surface area contributed by atoms with Crippen LogP contribution in [-0.4, -0.2) is 53.8 Å². The lowest BCUT2D eigenvalue weighted by molar-refractivity contribution is -0.0272. The Balaban J connectivity index is 6.28. The van der Waals surface area contributed by atoms with E-state index >= 15 is 0 Å². The predicted molar refractivity (Wildman–Crippen MR) is 126 cm³/mol. The Hall–Kier alpha value is -0.246. The van der Waals surface area contributed by atoms with Crippen molar-refractivity contribution in [2.45, 2.75) is 103 Å². The molecule has 6 heteroatoms. The van der Waals surface area contributed by atoms with Crippen LogP contribution in [-0.2, 0) is 13.6 Å². The SMILES string of the molecule is C=C[C@H](OC)[C@@H](O[Si](C)(C)C(C)(C)C)[C@@H](/C=C(\C)CO)O[Si](C)(C)C(C)(C)C. The van der Waals surface area contributed by atoms with Gasteiger partial charge in [-0.1, -0.05) is 53.7 Å². The summed E-state index contributed by atoms with van der Waals surface area (Å²) in [5.74, 6) is 0. The molecule has 0 unspecified atom stereocenters. The Kier molecular flexibility index (Phi) is 10.1. The van der Waals surface area contributed by atoms with Crippen molar-refractivity contribution in [1.82, 2.24) is 0 Å². The molecule has 0 radical (unpaired) electrons. The minimum atomic E-state index is -2.09. The first kappa shape index (κ1) is 27.8. The second-order valence-electron chi connectivity index (χ2n) is 10.8. The van der Waals surface area contributed by atoms with E-state index in [2.05, 4.69) is 74.3 Å². The minimum absolute atomic E-state index is 0.00406. The molecule has 3 atom stereocenters. The van der Waals surface area contributed by atoms with Crippen LogP contribution >= 0.6 is 0 Å². The fourth-order valence-electron chi connectivity index (χ4n) is 2.25. The van der Waals surface area contributed by atoms with Crippen LogP contribution in [0.1, 0.15) is 48.5 Å². The van der Waals surface area contributed by atoms with E-state index in [9.17, 15) is 5.11 Å². The van der Waals surface area contributed by atoms with Gasteiger partial charge in [-0.3, -0.25) is 0 Å². The lowest BCUT2D eigenvalue weighted by atomic mass is 10.1. The van der Waals surface area contributed by atoms with Gasteiger partial charge in [0.25, 0.3) is 0 Å². The number of methoxy groups -OCH3 is 1. The molecular weight excluding hydrogens is 384 g/mol. The maximum atomic E-state index is 9.64. The average Bonchev–Trinajstić information content (AvgIpc) is 2.51. The first-order valence-electron chi connectivity index (χ1n) is 10.2. The maximum Gasteiger partial charge on any atom is 0.193 e. The summed E-state index contributed by atoms with van der Waals surface area (Å²) < 4.78 is 19.4. The van der Waals surface area contributed by atoms with Gasteiger partial charge < -0.3 is 18.7 Å². The summed E-state index contributed by atoms with van der Waals surface area (Å²) in [4.78, 5) is 0. The number of aliphatic hydroxyl groups excluding tert-OH is 1. The molecule has 0 bridgehead atoms. The molecule has 1 N–H and O–H groups in total. The first-order chi connectivity index (χ1) is 12.4. The van der Waals surface area contributed by atoms with Crippen molar-refractivity contribution in [2.75, 3.05) is 13.7 Å². The first-order valence-corrected chi connectivity index (χ1v) is 16.0. The number of aliphatic hydroxyl groups is 1. The van der Waals surface area contributed by atoms with E-state index in [0.717, 1.165) is 5.57 Å². The van der Waals surface area contributed by atoms with E-state index in [4.69, 9.17) is 13.6 Å². The Bertz CT molecular complexity index is 528. The average molecular weight is 431 g/mol. The van der Waals surface area contributed by atoms with Crippen LogP contribution in [0.15, 0.2) is 24.3 Å². The van der Waals surface area contributed by atoms with Crippen molar-refractivity contribution < 1.29 is 18.7 Å². The van der Waals surface area contributed by atoms with Crippen LogP contribution in [0.2, 0.25) is 36.3 Å². The molecule has 0 saturated heterocycles. The summed E-state index contributed by atoms with van der Waals surface area (Å²) in [5.41, 5.74) is 0.867. The number of rotatable bonds is 10. The van der Waals surface area contributed by atoms with Crippen LogP contribution in [0.3, 0.4) is 0 Å². The van der Waals surface area contributed by atoms with Crippen LogP contribution in [0.4, 0.5) is 0 Å². The van der Waals surface area contributed by atoms with E-state index in [1.807, 2.05) is 13.0 Å². The van der Waals surface area contributed by atoms with Gasteiger partial charge in [-0.15, -0.1) is 6.58 Å². The van der Waals surface area contributed by atoms with Gasteiger partial charge in [0.05, 0.1) is 12.7 Å². The van der Waals surface area contributed by atoms with Crippen molar-refractivity contribution >= 4 is 16.6 Å². The molecule has 0 aromatic heterocycles. The largest absolute Gasteiger partial charge is 0.408 e. The molecule has 166 valence electrons. The van der Waals surface area contributed by atoms with E-state index in [1.165, 1.54) is 0 Å². The predicted octanol–water partition coefficient (Wildman–Crippen LogP) is 5.91. The highest BCUT2D eigenvalue weighted by Crippen LogP contribution is 2.41. The van der Waals surface area contributed by atoms with Gasteiger partial charge in [-0.05, 0) is 48.8 Å². The second-order valence-corrected chi connectivity index (χ2v) is 20.3. The number of hydrogen-bond donors (Lipinski definition) is 1. The van der Waals surface area contributed by atoms with Crippen molar-refractivity contribution in [2.24, 2.45) is 0 Å². The molecular formula is C22H46O4Si2. The van der Waals surface area contributed by atoms with Crippen molar-refractivity contribution in [3.63, 3.8) is 0 Å². The molecule has 0 rings (SSSR count). The van der Waals surface area contributed by atoms with Crippen molar-refractivity contribution in [3.8, 4) is 0 Å². The molecule has 0 aliphatic heterocycles. The zero-order chi connectivity index (χ0) is 22.6. The summed E-state index contributed by atoms with van der Waals surface area (Å²) in [6.07, 6.45) is 2.87. The highest BCUT2D eigenvalue weighted by molar-refractivity contribution is 6.74. The number of hydrogen-bond acceptors (Lipinski definition) is 4. The fourth-order valence-corrected chi connectivity index (χ4v) is 4.79. The Morgan fingerprint density at radius 3 is 1.68 bits per heavy atom. The van der Waals surface area contributed by atoms with Crippen LogP contribution in [0, 0.1) is 0 Å². The van der Waals surface area contributed by atoms with Gasteiger partial charge in [0.15, 0.2) is 16.6 Å². The Morgan fingerprint density at radius 1 is 0.929 bits per heavy atom. The van der Waals surface area contributed by atoms with E-state index in [0.29, 0.717) is 0 Å². The fraction of sp³-hybridized carbons (Fsp3) is 0.818. The quantitative estimate of drug-likeness (QED) is 0.346. The molecule has 28 heavy (non-hydrogen) atoms. The summed E-state index contributed by atoms with van der Waals surface area (Å²) >= 11 is 0. The van der Waals surface area contributed by atoms with Crippen molar-refractivity contribution in [1.29, 1.82) is 0 Å². The van der Waals surface area contributed by atoms with E-state index in [-0.39, 0.29) is 35.0 Å². The molecule has 0 spiro atoms. The zero-order valence-electron chi connectivity index (χ0n) is 20.5. The third-order valence-electron chi connectivity index (χ3n) is 6.32. The lowest BCUT2D eigenvalue weighted by Crippen LogP contribution is -2.54. The van der Waals surface area contributed by atoms with Gasteiger partial charge >= 0.3 is 0 Å². The van der Waals surface area contributed by atoms with Gasteiger partial charge in [0, 0.05) is 7.11 Å². The smallest absolute Gasteiger partial charge is 0.193 e. The second kappa shape index (κ2) is 10.2. The molecule has 0 aliphatic rings. The molecule has 0 saturated carbocycles. The van der Waals surface area contributed by atoms with Gasteiger partial charge in [0.1, 0.15) is 12.2 Å². The van der Waals surface area contributed by atoms with E-state index in [1.54, 1.807) is 13.2 Å². The maximum absolute atomic E-state index is 9.64. The lowest BCUT2D eigenvalue weighted by Gasteiger charge is -2.46. The van der Waals surface area contributed by atoms with Gasteiger partial charge in [-0.2, -0.15) is 0 Å². The summed E-state index contributed by atoms with van der Waals surface area (Å²) in [5, 5.41) is 9.76. The minimum Gasteiger partial charge on any atom is -0.408 e. The standard InChI is InChI=1S/C22H46O4Si2/c1-14-18(24-9)20(26-28(12,13)22(6,7)8)19(15-17(2)16-23)25-27(10,11)21(3,4)5/h14-15,18-20,23H,1,16H2,2-13H3/b17-15+/t18-,19+,20+/m0/s1. The third kappa shape index (κ3) is 7.54. The zero-order valence-corrected chi connectivity index (χ0v) is 22.5. The monoisotopic (exact) mass is 430 g/mol. The molecule has 0 aromatic rings. The van der Waals surface area contributed by atoms with Gasteiger partial charge in [-0.25, -0.2) is 0 Å². The molecule has 4 nitrogen and oxygen atoms in total. The molecule has 0 aromatic carbocycles. The normalized spacial score (nSPS) is 18.0. The highest BCUT2D eigenvalue weighted by Gasteiger charge is 2.46. The third-order valence-corrected chi connectivity index (χ3v) is 15.3. The summed E-state index contributed by atoms with van der Waals surface area (Å²) in [6, 6.07) is 0. The van der Waals surface area contributed by atoms with Crippen LogP contribution < -0.4 is 0 Å². The van der Waals surface area contributed by atoms with Crippen molar-refractivity contribution in [3.05, 3.63) is 24.3 Å². The molecule has 0 amide bonds. The summed E-state index contributed by atoms with van der Waals surface area (Å²) in [6.45, 7) is 28.2. The topological polar surface area (TPSA) is 47.9 Å². The Labute approximate surface area is 176 Å².